The fourth-order valence-electron chi connectivity index (χ4n) is 2.96. The van der Waals surface area contributed by atoms with E-state index in [0.29, 0.717) is 12.0 Å². The molecule has 0 spiro atoms. The Kier molecular flexibility index (Phi) is 3.75. The normalized spacial score (nSPS) is 21.6. The van der Waals surface area contributed by atoms with Gasteiger partial charge >= 0.3 is 0 Å². The Balaban J connectivity index is 1.84. The second-order valence-electron chi connectivity index (χ2n) is 5.34. The van der Waals surface area contributed by atoms with E-state index in [9.17, 15) is 8.78 Å². The largest absolute Gasteiger partial charge is 0.207 e. The van der Waals surface area contributed by atoms with Gasteiger partial charge in [-0.2, -0.15) is 0 Å². The molecule has 0 aromatic heterocycles. The van der Waals surface area contributed by atoms with Gasteiger partial charge in [0, 0.05) is 0 Å². The molecular weight excluding hydrogens is 278 g/mol. The smallest absolute Gasteiger partial charge is 0.126 e. The van der Waals surface area contributed by atoms with Crippen molar-refractivity contribution < 1.29 is 8.78 Å². The summed E-state index contributed by atoms with van der Waals surface area (Å²) in [7, 11) is 0. The monoisotopic (exact) mass is 292 g/mol. The maximum Gasteiger partial charge on any atom is 0.126 e. The van der Waals surface area contributed by atoms with Crippen molar-refractivity contribution >= 4 is 11.6 Å². The van der Waals surface area contributed by atoms with Gasteiger partial charge in [-0.1, -0.05) is 24.3 Å². The quantitative estimate of drug-likeness (QED) is 0.680. The molecule has 3 heteroatoms. The molecule has 1 aliphatic carbocycles. The van der Waals surface area contributed by atoms with Crippen LogP contribution in [0.15, 0.2) is 42.5 Å². The van der Waals surface area contributed by atoms with E-state index in [1.165, 1.54) is 17.7 Å². The van der Waals surface area contributed by atoms with Crippen LogP contribution < -0.4 is 0 Å². The van der Waals surface area contributed by atoms with E-state index in [4.69, 9.17) is 11.6 Å². The van der Waals surface area contributed by atoms with Crippen molar-refractivity contribution in [3.8, 4) is 0 Å². The van der Waals surface area contributed by atoms with E-state index in [0.717, 1.165) is 24.5 Å². The summed E-state index contributed by atoms with van der Waals surface area (Å²) in [5.74, 6) is -0.610. The van der Waals surface area contributed by atoms with Crippen LogP contribution in [0.25, 0.3) is 0 Å². The predicted molar refractivity (Wildman–Crippen MR) is 76.9 cm³/mol. The molecule has 104 valence electrons. The molecule has 0 aliphatic heterocycles. The molecule has 2 aromatic carbocycles. The van der Waals surface area contributed by atoms with E-state index in [2.05, 4.69) is 6.07 Å². The number of halogens is 3. The molecular formula is C17H15ClF2. The SMILES string of the molecule is Fc1ccc(F)c(CC2CCc3ccccc3C2Cl)c1. The lowest BCUT2D eigenvalue weighted by atomic mass is 9.80. The molecule has 1 aliphatic rings. The molecule has 0 amide bonds. The summed E-state index contributed by atoms with van der Waals surface area (Å²) >= 11 is 6.54. The molecule has 0 bridgehead atoms. The zero-order valence-electron chi connectivity index (χ0n) is 11.0. The average molecular weight is 293 g/mol. The fraction of sp³-hybridized carbons (Fsp3) is 0.294. The van der Waals surface area contributed by atoms with Gasteiger partial charge in [0.25, 0.3) is 0 Å². The highest BCUT2D eigenvalue weighted by atomic mass is 35.5. The van der Waals surface area contributed by atoms with E-state index in [1.54, 1.807) is 0 Å². The predicted octanol–water partition coefficient (Wildman–Crippen LogP) is 5.05. The maximum atomic E-state index is 13.7. The summed E-state index contributed by atoms with van der Waals surface area (Å²) in [6, 6.07) is 11.7. The van der Waals surface area contributed by atoms with Crippen LogP contribution in [0, 0.1) is 17.6 Å². The maximum absolute atomic E-state index is 13.7. The number of fused-ring (bicyclic) bond motifs is 1. The number of rotatable bonds is 2. The molecule has 3 rings (SSSR count). The van der Waals surface area contributed by atoms with Crippen molar-refractivity contribution in [3.63, 3.8) is 0 Å². The van der Waals surface area contributed by atoms with Gasteiger partial charge in [0.15, 0.2) is 0 Å². The lowest BCUT2D eigenvalue weighted by Crippen LogP contribution is -2.19. The highest BCUT2D eigenvalue weighted by Gasteiger charge is 2.28. The minimum atomic E-state index is -0.399. The molecule has 0 N–H and O–H groups in total. The van der Waals surface area contributed by atoms with Gasteiger partial charge in [0.2, 0.25) is 0 Å². The van der Waals surface area contributed by atoms with E-state index >= 15 is 0 Å². The van der Waals surface area contributed by atoms with Crippen molar-refractivity contribution in [3.05, 3.63) is 70.8 Å². The first kappa shape index (κ1) is 13.6. The molecule has 2 unspecified atom stereocenters. The minimum absolute atomic E-state index is 0.136. The first-order chi connectivity index (χ1) is 9.65. The first-order valence-electron chi connectivity index (χ1n) is 6.81. The molecule has 0 nitrogen and oxygen atoms in total. The van der Waals surface area contributed by atoms with Crippen molar-refractivity contribution in [2.24, 2.45) is 5.92 Å². The topological polar surface area (TPSA) is 0 Å². The summed E-state index contributed by atoms with van der Waals surface area (Å²) in [6.07, 6.45) is 2.33. The standard InChI is InChI=1S/C17H15ClF2/c18-17-12(6-5-11-3-1-2-4-15(11)17)9-13-10-14(19)7-8-16(13)20/h1-4,7-8,10,12,17H,5-6,9H2. The number of benzene rings is 2. The fourth-order valence-corrected chi connectivity index (χ4v) is 3.39. The summed E-state index contributed by atoms with van der Waals surface area (Å²) in [6.45, 7) is 0. The van der Waals surface area contributed by atoms with Crippen LogP contribution in [-0.2, 0) is 12.8 Å². The molecule has 2 aromatic rings. The number of aryl methyl sites for hydroxylation is 1. The second-order valence-corrected chi connectivity index (χ2v) is 5.81. The number of hydrogen-bond donors (Lipinski definition) is 0. The van der Waals surface area contributed by atoms with Gasteiger partial charge in [-0.25, -0.2) is 8.78 Å². The third-order valence-corrected chi connectivity index (χ3v) is 4.63. The Morgan fingerprint density at radius 2 is 1.90 bits per heavy atom. The van der Waals surface area contributed by atoms with Gasteiger partial charge in [0.05, 0.1) is 5.38 Å². The van der Waals surface area contributed by atoms with Gasteiger partial charge in [-0.05, 0) is 60.1 Å². The summed E-state index contributed by atoms with van der Waals surface area (Å²) < 4.78 is 27.0. The molecule has 2 atom stereocenters. The third kappa shape index (κ3) is 2.57. The Labute approximate surface area is 122 Å². The third-order valence-electron chi connectivity index (χ3n) is 4.04. The molecule has 0 heterocycles. The van der Waals surface area contributed by atoms with Crippen LogP contribution >= 0.6 is 11.6 Å². The molecule has 20 heavy (non-hydrogen) atoms. The van der Waals surface area contributed by atoms with Crippen molar-refractivity contribution in [1.29, 1.82) is 0 Å². The lowest BCUT2D eigenvalue weighted by molar-refractivity contribution is 0.432. The van der Waals surface area contributed by atoms with Crippen LogP contribution in [-0.4, -0.2) is 0 Å². The van der Waals surface area contributed by atoms with Crippen LogP contribution in [0.2, 0.25) is 0 Å². The van der Waals surface area contributed by atoms with Gasteiger partial charge in [-0.3, -0.25) is 0 Å². The summed E-state index contributed by atoms with van der Waals surface area (Å²) in [4.78, 5) is 0. The molecule has 0 saturated carbocycles. The highest BCUT2D eigenvalue weighted by molar-refractivity contribution is 6.21. The Hall–Kier alpha value is -1.41. The van der Waals surface area contributed by atoms with Gasteiger partial charge < -0.3 is 0 Å². The molecule has 0 radical (unpaired) electrons. The lowest BCUT2D eigenvalue weighted by Gasteiger charge is -2.29. The van der Waals surface area contributed by atoms with Crippen LogP contribution in [0.1, 0.15) is 28.5 Å². The van der Waals surface area contributed by atoms with Crippen molar-refractivity contribution in [2.45, 2.75) is 24.6 Å². The Bertz CT molecular complexity index is 624. The highest BCUT2D eigenvalue weighted by Crippen LogP contribution is 2.40. The summed E-state index contributed by atoms with van der Waals surface area (Å²) in [5.41, 5.74) is 2.81. The summed E-state index contributed by atoms with van der Waals surface area (Å²) in [5, 5.41) is -0.136. The molecule has 0 fully saturated rings. The van der Waals surface area contributed by atoms with Crippen molar-refractivity contribution in [1.82, 2.24) is 0 Å². The van der Waals surface area contributed by atoms with E-state index in [-0.39, 0.29) is 17.1 Å². The Morgan fingerprint density at radius 1 is 1.10 bits per heavy atom. The second kappa shape index (κ2) is 5.53. The zero-order chi connectivity index (χ0) is 14.1. The average Bonchev–Trinajstić information content (AvgIpc) is 2.46. The van der Waals surface area contributed by atoms with E-state index in [1.807, 2.05) is 18.2 Å². The zero-order valence-corrected chi connectivity index (χ0v) is 11.7. The van der Waals surface area contributed by atoms with E-state index < -0.39 is 5.82 Å². The number of alkyl halides is 1. The minimum Gasteiger partial charge on any atom is -0.207 e. The van der Waals surface area contributed by atoms with Crippen LogP contribution in [0.3, 0.4) is 0 Å². The Morgan fingerprint density at radius 3 is 2.75 bits per heavy atom. The molecule has 0 saturated heterocycles. The van der Waals surface area contributed by atoms with Crippen molar-refractivity contribution in [2.75, 3.05) is 0 Å². The van der Waals surface area contributed by atoms with Gasteiger partial charge in [-0.15, -0.1) is 11.6 Å². The number of hydrogen-bond acceptors (Lipinski definition) is 0. The van der Waals surface area contributed by atoms with Gasteiger partial charge in [0.1, 0.15) is 11.6 Å². The van der Waals surface area contributed by atoms with Crippen LogP contribution in [0.4, 0.5) is 8.78 Å². The first-order valence-corrected chi connectivity index (χ1v) is 7.24. The van der Waals surface area contributed by atoms with Crippen LogP contribution in [0.5, 0.6) is 0 Å².